The first-order valence-electron chi connectivity index (χ1n) is 4.91. The predicted molar refractivity (Wildman–Crippen MR) is 58.2 cm³/mol. The second-order valence-electron chi connectivity index (χ2n) is 3.54. The summed E-state index contributed by atoms with van der Waals surface area (Å²) in [6, 6.07) is 3.55. The van der Waals surface area contributed by atoms with E-state index >= 15 is 0 Å². The molecule has 1 aromatic heterocycles. The van der Waals surface area contributed by atoms with Crippen LogP contribution in [0.3, 0.4) is 0 Å². The van der Waals surface area contributed by atoms with Crippen molar-refractivity contribution < 1.29 is 14.7 Å². The maximum absolute atomic E-state index is 11.8. The first-order chi connectivity index (χ1) is 7.52. The van der Waals surface area contributed by atoms with Crippen molar-refractivity contribution in [2.45, 2.75) is 13.3 Å². The number of hydrogen-bond donors (Lipinski definition) is 1. The molecular formula is C11H14N2O3. The number of carbonyl (C=O) groups is 2. The number of carboxylic acids is 1. The number of nitrogens with zero attached hydrogens (tertiary/aromatic N) is 2. The number of aromatic nitrogens is 1. The Bertz CT molecular complexity index is 404. The highest BCUT2D eigenvalue weighted by Crippen LogP contribution is 2.06. The van der Waals surface area contributed by atoms with Crippen molar-refractivity contribution in [1.29, 1.82) is 0 Å². The van der Waals surface area contributed by atoms with Crippen molar-refractivity contribution in [3.63, 3.8) is 0 Å². The van der Waals surface area contributed by atoms with Gasteiger partial charge in [0, 0.05) is 19.8 Å². The molecule has 0 fully saturated rings. The largest absolute Gasteiger partial charge is 0.481 e. The van der Waals surface area contributed by atoms with Crippen molar-refractivity contribution >= 4 is 11.9 Å². The lowest BCUT2D eigenvalue weighted by atomic mass is 10.2. The lowest BCUT2D eigenvalue weighted by molar-refractivity contribution is -0.137. The zero-order chi connectivity index (χ0) is 12.1. The van der Waals surface area contributed by atoms with Crippen LogP contribution in [-0.4, -0.2) is 40.5 Å². The summed E-state index contributed by atoms with van der Waals surface area (Å²) in [4.78, 5) is 27.6. The molecule has 5 nitrogen and oxygen atoms in total. The van der Waals surface area contributed by atoms with Gasteiger partial charge in [-0.1, -0.05) is 6.07 Å². The van der Waals surface area contributed by atoms with Crippen LogP contribution in [0.5, 0.6) is 0 Å². The lowest BCUT2D eigenvalue weighted by Crippen LogP contribution is -2.30. The highest BCUT2D eigenvalue weighted by molar-refractivity contribution is 5.93. The van der Waals surface area contributed by atoms with Crippen LogP contribution >= 0.6 is 0 Å². The number of amides is 1. The summed E-state index contributed by atoms with van der Waals surface area (Å²) in [5.74, 6) is -1.17. The van der Waals surface area contributed by atoms with Gasteiger partial charge < -0.3 is 10.0 Å². The Morgan fingerprint density at radius 2 is 2.19 bits per heavy atom. The molecule has 0 aliphatic rings. The fourth-order valence-electron chi connectivity index (χ4n) is 1.26. The number of pyridine rings is 1. The molecule has 0 aliphatic carbocycles. The van der Waals surface area contributed by atoms with Crippen molar-refractivity contribution in [3.05, 3.63) is 29.6 Å². The van der Waals surface area contributed by atoms with Gasteiger partial charge in [-0.25, -0.2) is 0 Å². The van der Waals surface area contributed by atoms with E-state index in [4.69, 9.17) is 5.11 Å². The van der Waals surface area contributed by atoms with Gasteiger partial charge in [0.1, 0.15) is 5.69 Å². The van der Waals surface area contributed by atoms with E-state index < -0.39 is 5.97 Å². The Hall–Kier alpha value is -1.91. The number of carboxylic acid groups (broad SMARTS) is 1. The molecule has 1 heterocycles. The maximum Gasteiger partial charge on any atom is 0.305 e. The van der Waals surface area contributed by atoms with Gasteiger partial charge in [0.2, 0.25) is 0 Å². The second-order valence-corrected chi connectivity index (χ2v) is 3.54. The summed E-state index contributed by atoms with van der Waals surface area (Å²) in [5, 5.41) is 8.52. The maximum atomic E-state index is 11.8. The smallest absolute Gasteiger partial charge is 0.305 e. The third kappa shape index (κ3) is 3.05. The van der Waals surface area contributed by atoms with Gasteiger partial charge in [-0.05, 0) is 18.6 Å². The highest BCUT2D eigenvalue weighted by atomic mass is 16.4. The van der Waals surface area contributed by atoms with E-state index in [1.54, 1.807) is 32.3 Å². The predicted octanol–water partition coefficient (Wildman–Crippen LogP) is 0.937. The molecule has 0 saturated carbocycles. The summed E-state index contributed by atoms with van der Waals surface area (Å²) in [6.45, 7) is 1.98. The van der Waals surface area contributed by atoms with E-state index in [-0.39, 0.29) is 18.9 Å². The second kappa shape index (κ2) is 5.25. The summed E-state index contributed by atoms with van der Waals surface area (Å²) >= 11 is 0. The minimum Gasteiger partial charge on any atom is -0.481 e. The normalized spacial score (nSPS) is 9.88. The highest BCUT2D eigenvalue weighted by Gasteiger charge is 2.15. The van der Waals surface area contributed by atoms with Crippen LogP contribution in [0.25, 0.3) is 0 Å². The zero-order valence-electron chi connectivity index (χ0n) is 9.30. The van der Waals surface area contributed by atoms with Crippen LogP contribution in [0, 0.1) is 6.92 Å². The molecule has 1 rings (SSSR count). The average molecular weight is 222 g/mol. The van der Waals surface area contributed by atoms with Gasteiger partial charge in [0.25, 0.3) is 5.91 Å². The van der Waals surface area contributed by atoms with E-state index in [2.05, 4.69) is 4.98 Å². The molecule has 0 spiro atoms. The molecule has 86 valence electrons. The molecule has 1 aromatic rings. The lowest BCUT2D eigenvalue weighted by Gasteiger charge is -2.16. The summed E-state index contributed by atoms with van der Waals surface area (Å²) in [5.41, 5.74) is 1.16. The quantitative estimate of drug-likeness (QED) is 0.822. The van der Waals surface area contributed by atoms with E-state index in [0.717, 1.165) is 5.56 Å². The van der Waals surface area contributed by atoms with Crippen LogP contribution in [0.4, 0.5) is 0 Å². The molecule has 0 unspecified atom stereocenters. The molecular weight excluding hydrogens is 208 g/mol. The molecule has 16 heavy (non-hydrogen) atoms. The van der Waals surface area contributed by atoms with E-state index in [9.17, 15) is 9.59 Å². The third-order valence-corrected chi connectivity index (χ3v) is 2.22. The van der Waals surface area contributed by atoms with Gasteiger partial charge in [-0.3, -0.25) is 14.6 Å². The topological polar surface area (TPSA) is 70.5 Å². The van der Waals surface area contributed by atoms with Crippen LogP contribution in [-0.2, 0) is 4.79 Å². The SMILES string of the molecule is Cc1cccnc1C(=O)N(C)CCC(=O)O. The minimum absolute atomic E-state index is 0.0614. The molecule has 0 saturated heterocycles. The van der Waals surface area contributed by atoms with Gasteiger partial charge in [-0.15, -0.1) is 0 Å². The first-order valence-corrected chi connectivity index (χ1v) is 4.91. The Labute approximate surface area is 93.7 Å². The first kappa shape index (κ1) is 12.2. The molecule has 0 aromatic carbocycles. The van der Waals surface area contributed by atoms with Crippen molar-refractivity contribution in [2.75, 3.05) is 13.6 Å². The summed E-state index contributed by atoms with van der Waals surface area (Å²) in [6.07, 6.45) is 1.49. The molecule has 0 bridgehead atoms. The average Bonchev–Trinajstić information content (AvgIpc) is 2.25. The third-order valence-electron chi connectivity index (χ3n) is 2.22. The number of aryl methyl sites for hydroxylation is 1. The van der Waals surface area contributed by atoms with Crippen LogP contribution < -0.4 is 0 Å². The van der Waals surface area contributed by atoms with Crippen molar-refractivity contribution in [1.82, 2.24) is 9.88 Å². The van der Waals surface area contributed by atoms with Gasteiger partial charge >= 0.3 is 5.97 Å². The van der Waals surface area contributed by atoms with Gasteiger partial charge in [-0.2, -0.15) is 0 Å². The van der Waals surface area contributed by atoms with Crippen molar-refractivity contribution in [3.8, 4) is 0 Å². The Kier molecular flexibility index (Phi) is 3.99. The van der Waals surface area contributed by atoms with E-state index in [1.807, 2.05) is 0 Å². The molecule has 0 aliphatic heterocycles. The monoisotopic (exact) mass is 222 g/mol. The van der Waals surface area contributed by atoms with E-state index in [1.165, 1.54) is 4.90 Å². The fourth-order valence-corrected chi connectivity index (χ4v) is 1.26. The zero-order valence-corrected chi connectivity index (χ0v) is 9.30. The molecule has 1 N–H and O–H groups in total. The fraction of sp³-hybridized carbons (Fsp3) is 0.364. The number of carbonyl (C=O) groups excluding carboxylic acids is 1. The number of aliphatic carboxylic acids is 1. The van der Waals surface area contributed by atoms with Crippen LogP contribution in [0.1, 0.15) is 22.5 Å². The Morgan fingerprint density at radius 1 is 1.50 bits per heavy atom. The van der Waals surface area contributed by atoms with Crippen LogP contribution in [0.15, 0.2) is 18.3 Å². The van der Waals surface area contributed by atoms with Gasteiger partial charge in [0.15, 0.2) is 0 Å². The molecule has 0 radical (unpaired) electrons. The molecule has 0 atom stereocenters. The molecule has 5 heteroatoms. The number of hydrogen-bond acceptors (Lipinski definition) is 3. The molecule has 1 amide bonds. The van der Waals surface area contributed by atoms with Crippen molar-refractivity contribution in [2.24, 2.45) is 0 Å². The summed E-state index contributed by atoms with van der Waals surface area (Å²) in [7, 11) is 1.57. The standard InChI is InChI=1S/C11H14N2O3/c1-8-4-3-6-12-10(8)11(16)13(2)7-5-9(14)15/h3-4,6H,5,7H2,1-2H3,(H,14,15). The van der Waals surface area contributed by atoms with Gasteiger partial charge in [0.05, 0.1) is 6.42 Å². The number of rotatable bonds is 4. The van der Waals surface area contributed by atoms with E-state index in [0.29, 0.717) is 5.69 Å². The van der Waals surface area contributed by atoms with Crippen LogP contribution in [0.2, 0.25) is 0 Å². The summed E-state index contributed by atoms with van der Waals surface area (Å²) < 4.78 is 0. The Morgan fingerprint density at radius 3 is 2.75 bits per heavy atom. The minimum atomic E-state index is -0.919. The Balaban J connectivity index is 2.71.